The van der Waals surface area contributed by atoms with Crippen LogP contribution in [-0.4, -0.2) is 32.1 Å². The van der Waals surface area contributed by atoms with E-state index in [9.17, 15) is 9.59 Å². The van der Waals surface area contributed by atoms with E-state index in [1.54, 1.807) is 36.4 Å². The summed E-state index contributed by atoms with van der Waals surface area (Å²) in [6, 6.07) is 10.6. The van der Waals surface area contributed by atoms with Crippen molar-refractivity contribution in [2.24, 2.45) is 0 Å². The van der Waals surface area contributed by atoms with Crippen molar-refractivity contribution in [2.75, 3.05) is 30.5 Å². The molecule has 7 heteroatoms. The number of carbonyl (C=O) groups excluding carboxylic acids is 2. The Balaban J connectivity index is 1.86. The number of benzene rings is 2. The maximum atomic E-state index is 12.7. The zero-order valence-electron chi connectivity index (χ0n) is 15.0. The predicted molar refractivity (Wildman–Crippen MR) is 106 cm³/mol. The van der Waals surface area contributed by atoms with E-state index >= 15 is 0 Å². The van der Waals surface area contributed by atoms with Gasteiger partial charge in [-0.2, -0.15) is 0 Å². The summed E-state index contributed by atoms with van der Waals surface area (Å²) in [4.78, 5) is 26.0. The molecule has 0 spiro atoms. The van der Waals surface area contributed by atoms with Crippen LogP contribution in [0.25, 0.3) is 6.08 Å². The van der Waals surface area contributed by atoms with Crippen molar-refractivity contribution in [3.05, 3.63) is 53.1 Å². The molecule has 0 radical (unpaired) electrons. The van der Waals surface area contributed by atoms with Gasteiger partial charge in [-0.15, -0.1) is 0 Å². The molecule has 0 aromatic heterocycles. The zero-order valence-corrected chi connectivity index (χ0v) is 15.7. The van der Waals surface area contributed by atoms with Gasteiger partial charge < -0.3 is 14.8 Å². The Kier molecular flexibility index (Phi) is 5.66. The predicted octanol–water partition coefficient (Wildman–Crippen LogP) is 3.75. The topological polar surface area (TPSA) is 67.9 Å². The van der Waals surface area contributed by atoms with Gasteiger partial charge in [0.1, 0.15) is 6.54 Å². The van der Waals surface area contributed by atoms with Crippen LogP contribution in [0.15, 0.2) is 42.5 Å². The molecule has 1 heterocycles. The second kappa shape index (κ2) is 8.14. The zero-order chi connectivity index (χ0) is 19.4. The molecule has 3 rings (SSSR count). The molecular weight excluding hydrogens is 368 g/mol. The van der Waals surface area contributed by atoms with E-state index in [0.717, 1.165) is 0 Å². The van der Waals surface area contributed by atoms with E-state index in [1.165, 1.54) is 18.1 Å². The second-order valence-electron chi connectivity index (χ2n) is 5.79. The normalized spacial score (nSPS) is 13.3. The summed E-state index contributed by atoms with van der Waals surface area (Å²) >= 11 is 6.23. The first-order valence-electron chi connectivity index (χ1n) is 8.42. The van der Waals surface area contributed by atoms with E-state index in [1.807, 2.05) is 13.0 Å². The number of para-hydroxylation sites is 2. The quantitative estimate of drug-likeness (QED) is 0.795. The van der Waals surface area contributed by atoms with Crippen LogP contribution < -0.4 is 19.7 Å². The van der Waals surface area contributed by atoms with Gasteiger partial charge in [-0.25, -0.2) is 0 Å². The van der Waals surface area contributed by atoms with Gasteiger partial charge >= 0.3 is 0 Å². The summed E-state index contributed by atoms with van der Waals surface area (Å²) in [5, 5.41) is 3.14. The van der Waals surface area contributed by atoms with Crippen molar-refractivity contribution < 1.29 is 19.1 Å². The molecule has 0 saturated heterocycles. The summed E-state index contributed by atoms with van der Waals surface area (Å²) in [5.74, 6) is 0.412. The number of hydrogen-bond acceptors (Lipinski definition) is 4. The Hall–Kier alpha value is -2.99. The highest BCUT2D eigenvalue weighted by atomic mass is 35.5. The number of nitrogens with zero attached hydrogens (tertiary/aromatic N) is 1. The minimum atomic E-state index is -0.304. The average molecular weight is 387 g/mol. The Bertz CT molecular complexity index is 911. The van der Waals surface area contributed by atoms with E-state index in [4.69, 9.17) is 21.1 Å². The van der Waals surface area contributed by atoms with Crippen LogP contribution in [0.4, 0.5) is 11.4 Å². The number of methoxy groups -OCH3 is 1. The lowest BCUT2D eigenvalue weighted by molar-refractivity contribution is -0.119. The number of halogens is 1. The first-order valence-corrected chi connectivity index (χ1v) is 8.80. The minimum Gasteiger partial charge on any atom is -0.491 e. The maximum absolute atomic E-state index is 12.7. The van der Waals surface area contributed by atoms with E-state index in [-0.39, 0.29) is 18.4 Å². The summed E-state index contributed by atoms with van der Waals surface area (Å²) in [6.45, 7) is 2.28. The van der Waals surface area contributed by atoms with Gasteiger partial charge in [0.15, 0.2) is 11.5 Å². The van der Waals surface area contributed by atoms with E-state index in [0.29, 0.717) is 40.1 Å². The molecule has 2 amide bonds. The lowest BCUT2D eigenvalue weighted by atomic mass is 10.1. The fourth-order valence-electron chi connectivity index (χ4n) is 2.83. The van der Waals surface area contributed by atoms with Gasteiger partial charge in [0, 0.05) is 6.08 Å². The van der Waals surface area contributed by atoms with Crippen LogP contribution in [0.3, 0.4) is 0 Å². The maximum Gasteiger partial charge on any atom is 0.251 e. The molecule has 2 aromatic rings. The number of carbonyl (C=O) groups is 2. The molecule has 27 heavy (non-hydrogen) atoms. The smallest absolute Gasteiger partial charge is 0.251 e. The summed E-state index contributed by atoms with van der Waals surface area (Å²) in [5.41, 5.74) is 1.96. The highest BCUT2D eigenvalue weighted by Crippen LogP contribution is 2.36. The van der Waals surface area contributed by atoms with Crippen molar-refractivity contribution in [1.82, 2.24) is 0 Å². The van der Waals surface area contributed by atoms with Crippen LogP contribution >= 0.6 is 11.6 Å². The fourth-order valence-corrected chi connectivity index (χ4v) is 3.13. The van der Waals surface area contributed by atoms with E-state index < -0.39 is 0 Å². The fraction of sp³-hybridized carbons (Fsp3) is 0.200. The van der Waals surface area contributed by atoms with Crippen molar-refractivity contribution in [3.8, 4) is 11.5 Å². The molecule has 1 N–H and O–H groups in total. The average Bonchev–Trinajstić information content (AvgIpc) is 2.65. The second-order valence-corrected chi connectivity index (χ2v) is 6.20. The summed E-state index contributed by atoms with van der Waals surface area (Å²) in [6.07, 6.45) is 3.04. The van der Waals surface area contributed by atoms with Gasteiger partial charge in [-0.3, -0.25) is 14.5 Å². The SMILES string of the molecule is CCOc1cc(/C=C/C(=O)N2CC(=O)Nc3ccccc32)cc(Cl)c1OC. The van der Waals surface area contributed by atoms with Crippen LogP contribution in [0.5, 0.6) is 11.5 Å². The molecule has 140 valence electrons. The van der Waals surface area contributed by atoms with Crippen molar-refractivity contribution in [3.63, 3.8) is 0 Å². The van der Waals surface area contributed by atoms with Crippen LogP contribution in [-0.2, 0) is 9.59 Å². The number of fused-ring (bicyclic) bond motifs is 1. The molecule has 0 fully saturated rings. The molecule has 0 unspecified atom stereocenters. The van der Waals surface area contributed by atoms with Crippen molar-refractivity contribution in [2.45, 2.75) is 6.92 Å². The molecular formula is C20H19ClN2O4. The molecule has 6 nitrogen and oxygen atoms in total. The Morgan fingerprint density at radius 2 is 2.11 bits per heavy atom. The monoisotopic (exact) mass is 386 g/mol. The number of hydrogen-bond donors (Lipinski definition) is 1. The van der Waals surface area contributed by atoms with Crippen LogP contribution in [0.1, 0.15) is 12.5 Å². The Labute approximate surface area is 162 Å². The molecule has 1 aliphatic heterocycles. The molecule has 0 bridgehead atoms. The third-order valence-corrected chi connectivity index (χ3v) is 4.27. The lowest BCUT2D eigenvalue weighted by Crippen LogP contribution is -2.41. The van der Waals surface area contributed by atoms with Gasteiger partial charge in [0.05, 0.1) is 30.1 Å². The van der Waals surface area contributed by atoms with Gasteiger partial charge in [0.2, 0.25) is 5.91 Å². The number of ether oxygens (including phenoxy) is 2. The molecule has 0 aliphatic carbocycles. The highest BCUT2D eigenvalue weighted by molar-refractivity contribution is 6.32. The largest absolute Gasteiger partial charge is 0.491 e. The van der Waals surface area contributed by atoms with E-state index in [2.05, 4.69) is 5.32 Å². The Morgan fingerprint density at radius 3 is 2.85 bits per heavy atom. The number of amides is 2. The van der Waals surface area contributed by atoms with Crippen molar-refractivity contribution >= 4 is 40.9 Å². The first kappa shape index (κ1) is 18.8. The molecule has 0 saturated carbocycles. The highest BCUT2D eigenvalue weighted by Gasteiger charge is 2.25. The van der Waals surface area contributed by atoms with Crippen molar-refractivity contribution in [1.29, 1.82) is 0 Å². The molecule has 0 atom stereocenters. The van der Waals surface area contributed by atoms with Gasteiger partial charge in [0.25, 0.3) is 5.91 Å². The summed E-state index contributed by atoms with van der Waals surface area (Å²) in [7, 11) is 1.52. The van der Waals surface area contributed by atoms with Gasteiger partial charge in [-0.05, 0) is 42.8 Å². The standard InChI is InChI=1S/C20H19ClN2O4/c1-3-27-17-11-13(10-14(21)20(17)26-2)8-9-19(25)23-12-18(24)22-15-6-4-5-7-16(15)23/h4-11H,3,12H2,1-2H3,(H,22,24)/b9-8+. The van der Waals surface area contributed by atoms with Crippen LogP contribution in [0, 0.1) is 0 Å². The number of rotatable bonds is 5. The Morgan fingerprint density at radius 1 is 1.33 bits per heavy atom. The third-order valence-electron chi connectivity index (χ3n) is 3.99. The lowest BCUT2D eigenvalue weighted by Gasteiger charge is -2.28. The molecule has 1 aliphatic rings. The minimum absolute atomic E-state index is 0.0340. The number of anilines is 2. The van der Waals surface area contributed by atoms with Crippen LogP contribution in [0.2, 0.25) is 5.02 Å². The first-order chi connectivity index (χ1) is 13.0. The third kappa shape index (κ3) is 4.06. The summed E-state index contributed by atoms with van der Waals surface area (Å²) < 4.78 is 10.8. The molecule has 2 aromatic carbocycles. The van der Waals surface area contributed by atoms with Gasteiger partial charge in [-0.1, -0.05) is 23.7 Å². The number of nitrogens with one attached hydrogen (secondary N) is 1.